The van der Waals surface area contributed by atoms with Crippen LogP contribution >= 0.6 is 0 Å². The van der Waals surface area contributed by atoms with Crippen LogP contribution in [0.2, 0.25) is 0 Å². The zero-order valence-corrected chi connectivity index (χ0v) is 14.4. The second-order valence-electron chi connectivity index (χ2n) is 6.27. The minimum absolute atomic E-state index is 0.827. The van der Waals surface area contributed by atoms with Crippen molar-refractivity contribution in [3.63, 3.8) is 0 Å². The summed E-state index contributed by atoms with van der Waals surface area (Å²) in [6.45, 7) is 2.65. The lowest BCUT2D eigenvalue weighted by Gasteiger charge is -2.28. The molecule has 0 radical (unpaired) electrons. The Balaban J connectivity index is 1.47. The van der Waals surface area contributed by atoms with E-state index < -0.39 is 0 Å². The van der Waals surface area contributed by atoms with Crippen molar-refractivity contribution in [1.29, 1.82) is 0 Å². The van der Waals surface area contributed by atoms with E-state index in [2.05, 4.69) is 50.2 Å². The molecular weight excluding hydrogens is 312 g/mol. The van der Waals surface area contributed by atoms with Gasteiger partial charge in [-0.2, -0.15) is 0 Å². The van der Waals surface area contributed by atoms with Crippen LogP contribution in [0.5, 0.6) is 5.75 Å². The molecule has 0 saturated heterocycles. The van der Waals surface area contributed by atoms with Gasteiger partial charge in [-0.1, -0.05) is 41.6 Å². The number of rotatable bonds is 5. The number of aromatic nitrogens is 3. The van der Waals surface area contributed by atoms with Crippen molar-refractivity contribution < 1.29 is 4.74 Å². The molecule has 0 spiro atoms. The van der Waals surface area contributed by atoms with Crippen LogP contribution in [-0.2, 0) is 25.9 Å². The molecule has 1 aliphatic heterocycles. The second-order valence-corrected chi connectivity index (χ2v) is 6.27. The van der Waals surface area contributed by atoms with Gasteiger partial charge < -0.3 is 9.64 Å². The molecule has 3 aromatic rings. The monoisotopic (exact) mass is 334 g/mol. The van der Waals surface area contributed by atoms with Gasteiger partial charge in [-0.3, -0.25) is 0 Å². The molecule has 4 rings (SSSR count). The van der Waals surface area contributed by atoms with E-state index in [0.717, 1.165) is 43.9 Å². The molecule has 2 heterocycles. The van der Waals surface area contributed by atoms with Crippen molar-refractivity contribution in [3.8, 4) is 5.75 Å². The van der Waals surface area contributed by atoms with Gasteiger partial charge in [0.05, 0.1) is 19.3 Å². The summed E-state index contributed by atoms with van der Waals surface area (Å²) in [5, 5.41) is 8.82. The van der Waals surface area contributed by atoms with Gasteiger partial charge in [-0.05, 0) is 30.2 Å². The molecule has 0 atom stereocenters. The number of aryl methyl sites for hydroxylation is 2. The average molecular weight is 334 g/mol. The van der Waals surface area contributed by atoms with Crippen molar-refractivity contribution in [1.82, 2.24) is 15.0 Å². The number of methoxy groups -OCH3 is 1. The molecular formula is C20H22N4O. The summed E-state index contributed by atoms with van der Waals surface area (Å²) in [6, 6.07) is 18.7. The number of hydrogen-bond acceptors (Lipinski definition) is 4. The largest absolute Gasteiger partial charge is 0.496 e. The number of ether oxygens (including phenoxy) is 1. The molecule has 0 fully saturated rings. The number of hydrogen-bond donors (Lipinski definition) is 0. The third-order valence-corrected chi connectivity index (χ3v) is 4.78. The quantitative estimate of drug-likeness (QED) is 0.719. The predicted octanol–water partition coefficient (Wildman–Crippen LogP) is 3.09. The Morgan fingerprint density at radius 3 is 2.68 bits per heavy atom. The molecule has 25 heavy (non-hydrogen) atoms. The van der Waals surface area contributed by atoms with E-state index in [1.807, 2.05) is 24.3 Å². The number of para-hydroxylation sites is 2. The van der Waals surface area contributed by atoms with Gasteiger partial charge in [0.2, 0.25) is 0 Å². The van der Waals surface area contributed by atoms with Crippen LogP contribution in [0.3, 0.4) is 0 Å². The highest BCUT2D eigenvalue weighted by Crippen LogP contribution is 2.24. The first-order valence-corrected chi connectivity index (χ1v) is 8.68. The molecule has 5 nitrogen and oxygen atoms in total. The Morgan fingerprint density at radius 2 is 1.84 bits per heavy atom. The lowest BCUT2D eigenvalue weighted by atomic mass is 10.1. The molecule has 1 aliphatic rings. The van der Waals surface area contributed by atoms with Crippen molar-refractivity contribution in [2.75, 3.05) is 18.6 Å². The highest BCUT2D eigenvalue weighted by atomic mass is 16.5. The highest BCUT2D eigenvalue weighted by Gasteiger charge is 2.22. The van der Waals surface area contributed by atoms with E-state index in [1.54, 1.807) is 7.11 Å². The third-order valence-electron chi connectivity index (χ3n) is 4.78. The first-order chi connectivity index (χ1) is 12.3. The van der Waals surface area contributed by atoms with Crippen LogP contribution in [0.1, 0.15) is 17.0 Å². The number of anilines is 1. The van der Waals surface area contributed by atoms with Gasteiger partial charge in [-0.15, -0.1) is 5.10 Å². The highest BCUT2D eigenvalue weighted by molar-refractivity contribution is 5.47. The molecule has 0 N–H and O–H groups in total. The zero-order chi connectivity index (χ0) is 17.1. The van der Waals surface area contributed by atoms with Crippen molar-refractivity contribution in [3.05, 3.63) is 71.5 Å². The van der Waals surface area contributed by atoms with Crippen molar-refractivity contribution in [2.45, 2.75) is 25.9 Å². The smallest absolute Gasteiger partial charge is 0.122 e. The lowest BCUT2D eigenvalue weighted by molar-refractivity contribution is 0.407. The average Bonchev–Trinajstić information content (AvgIpc) is 3.09. The summed E-state index contributed by atoms with van der Waals surface area (Å²) in [5.74, 6) is 0.937. The van der Waals surface area contributed by atoms with Crippen LogP contribution in [0.25, 0.3) is 0 Å². The summed E-state index contributed by atoms with van der Waals surface area (Å²) < 4.78 is 7.50. The Kier molecular flexibility index (Phi) is 4.37. The van der Waals surface area contributed by atoms with Crippen LogP contribution in [0.4, 0.5) is 5.69 Å². The molecule has 128 valence electrons. The fourth-order valence-corrected chi connectivity index (χ4v) is 3.44. The van der Waals surface area contributed by atoms with Crippen molar-refractivity contribution >= 4 is 5.69 Å². The second kappa shape index (κ2) is 6.97. The number of benzene rings is 2. The standard InChI is InChI=1S/C20H22N4O/c1-25-20-10-6-5-7-16(20)11-14-24-19-12-13-23(15-18(19)21-22-24)17-8-3-2-4-9-17/h2-10H,11-15H2,1H3. The SMILES string of the molecule is COc1ccccc1CCn1nnc2c1CCN(c1ccccc1)C2. The minimum Gasteiger partial charge on any atom is -0.496 e. The van der Waals surface area contributed by atoms with E-state index in [1.165, 1.54) is 16.9 Å². The maximum absolute atomic E-state index is 5.44. The summed E-state index contributed by atoms with van der Waals surface area (Å²) >= 11 is 0. The van der Waals surface area contributed by atoms with Crippen molar-refractivity contribution in [2.24, 2.45) is 0 Å². The van der Waals surface area contributed by atoms with Crippen LogP contribution in [0.15, 0.2) is 54.6 Å². The maximum atomic E-state index is 5.44. The van der Waals surface area contributed by atoms with Gasteiger partial charge >= 0.3 is 0 Å². The summed E-state index contributed by atoms with van der Waals surface area (Å²) in [7, 11) is 1.72. The van der Waals surface area contributed by atoms with E-state index in [-0.39, 0.29) is 0 Å². The van der Waals surface area contributed by atoms with Crippen LogP contribution < -0.4 is 9.64 Å². The van der Waals surface area contributed by atoms with E-state index in [4.69, 9.17) is 4.74 Å². The van der Waals surface area contributed by atoms with Gasteiger partial charge in [0.25, 0.3) is 0 Å². The predicted molar refractivity (Wildman–Crippen MR) is 97.9 cm³/mol. The van der Waals surface area contributed by atoms with E-state index >= 15 is 0 Å². The van der Waals surface area contributed by atoms with Gasteiger partial charge in [0, 0.05) is 25.2 Å². The Hall–Kier alpha value is -2.82. The Bertz CT molecular complexity index is 844. The molecule has 0 saturated carbocycles. The minimum atomic E-state index is 0.827. The Morgan fingerprint density at radius 1 is 1.04 bits per heavy atom. The molecule has 2 aromatic carbocycles. The number of nitrogens with zero attached hydrogens (tertiary/aromatic N) is 4. The summed E-state index contributed by atoms with van der Waals surface area (Å²) in [4.78, 5) is 2.36. The summed E-state index contributed by atoms with van der Waals surface area (Å²) in [6.07, 6.45) is 1.87. The first kappa shape index (κ1) is 15.7. The zero-order valence-electron chi connectivity index (χ0n) is 14.4. The van der Waals surface area contributed by atoms with E-state index in [9.17, 15) is 0 Å². The summed E-state index contributed by atoms with van der Waals surface area (Å²) in [5.41, 5.74) is 4.81. The Labute approximate surface area is 147 Å². The fraction of sp³-hybridized carbons (Fsp3) is 0.300. The lowest BCUT2D eigenvalue weighted by Crippen LogP contribution is -2.31. The fourth-order valence-electron chi connectivity index (χ4n) is 3.44. The normalized spacial score (nSPS) is 13.6. The van der Waals surface area contributed by atoms with E-state index in [0.29, 0.717) is 0 Å². The molecule has 0 amide bonds. The topological polar surface area (TPSA) is 43.2 Å². The van der Waals surface area contributed by atoms with Crippen LogP contribution in [-0.4, -0.2) is 28.6 Å². The molecule has 5 heteroatoms. The maximum Gasteiger partial charge on any atom is 0.122 e. The third kappa shape index (κ3) is 3.22. The molecule has 0 aliphatic carbocycles. The van der Waals surface area contributed by atoms with Gasteiger partial charge in [0.1, 0.15) is 11.4 Å². The molecule has 0 unspecified atom stereocenters. The van der Waals surface area contributed by atoms with Crippen LogP contribution in [0, 0.1) is 0 Å². The molecule has 1 aromatic heterocycles. The van der Waals surface area contributed by atoms with Gasteiger partial charge in [0.15, 0.2) is 0 Å². The number of fused-ring (bicyclic) bond motifs is 1. The molecule has 0 bridgehead atoms. The van der Waals surface area contributed by atoms with Gasteiger partial charge in [-0.25, -0.2) is 4.68 Å². The first-order valence-electron chi connectivity index (χ1n) is 8.68.